The van der Waals surface area contributed by atoms with E-state index in [1.165, 1.54) is 18.4 Å². The Labute approximate surface area is 119 Å². The summed E-state index contributed by atoms with van der Waals surface area (Å²) in [6, 6.07) is 5.21. The lowest BCUT2D eigenvalue weighted by Crippen LogP contribution is -2.40. The average Bonchev–Trinajstić information content (AvgIpc) is 2.98. The molecule has 1 aromatic rings. The van der Waals surface area contributed by atoms with Crippen LogP contribution in [0.15, 0.2) is 18.2 Å². The predicted molar refractivity (Wildman–Crippen MR) is 78.6 cm³/mol. The summed E-state index contributed by atoms with van der Waals surface area (Å²) < 4.78 is 19.1. The van der Waals surface area contributed by atoms with Gasteiger partial charge in [0.2, 0.25) is 0 Å². The molecule has 2 aliphatic rings. The molecular weight excluding hydrogens is 255 g/mol. The maximum atomic E-state index is 13.7. The normalized spacial score (nSPS) is 22.2. The van der Waals surface area contributed by atoms with Crippen LogP contribution in [0.1, 0.15) is 31.2 Å². The molecule has 1 aliphatic carbocycles. The number of rotatable bonds is 3. The van der Waals surface area contributed by atoms with E-state index in [0.717, 1.165) is 31.6 Å². The van der Waals surface area contributed by atoms with Crippen molar-refractivity contribution in [1.82, 2.24) is 0 Å². The van der Waals surface area contributed by atoms with Crippen LogP contribution in [-0.2, 0) is 10.2 Å². The van der Waals surface area contributed by atoms with Gasteiger partial charge in [0, 0.05) is 30.7 Å². The minimum Gasteiger partial charge on any atom is -0.378 e. The van der Waals surface area contributed by atoms with Crippen LogP contribution < -0.4 is 10.6 Å². The highest BCUT2D eigenvalue weighted by Crippen LogP contribution is 2.44. The first-order chi connectivity index (χ1) is 9.75. The molecule has 2 fully saturated rings. The van der Waals surface area contributed by atoms with Gasteiger partial charge in [-0.25, -0.2) is 4.39 Å². The Bertz CT molecular complexity index is 466. The zero-order chi connectivity index (χ0) is 14.0. The molecule has 1 aromatic carbocycles. The maximum Gasteiger partial charge on any atom is 0.125 e. The number of halogens is 1. The van der Waals surface area contributed by atoms with E-state index in [-0.39, 0.29) is 11.2 Å². The first-order valence-corrected chi connectivity index (χ1v) is 7.58. The zero-order valence-corrected chi connectivity index (χ0v) is 11.9. The number of benzene rings is 1. The molecule has 1 saturated carbocycles. The summed E-state index contributed by atoms with van der Waals surface area (Å²) >= 11 is 0. The summed E-state index contributed by atoms with van der Waals surface area (Å²) in [6.45, 7) is 3.74. The Balaban J connectivity index is 2.01. The Morgan fingerprint density at radius 2 is 1.90 bits per heavy atom. The Morgan fingerprint density at radius 1 is 1.20 bits per heavy atom. The first-order valence-electron chi connectivity index (χ1n) is 7.58. The molecule has 0 radical (unpaired) electrons. The van der Waals surface area contributed by atoms with Gasteiger partial charge in [0.1, 0.15) is 5.82 Å². The third kappa shape index (κ3) is 2.42. The minimum atomic E-state index is -0.166. The van der Waals surface area contributed by atoms with E-state index in [9.17, 15) is 4.39 Å². The van der Waals surface area contributed by atoms with E-state index in [1.807, 2.05) is 6.07 Å². The van der Waals surface area contributed by atoms with Crippen LogP contribution in [0.25, 0.3) is 0 Å². The van der Waals surface area contributed by atoms with Crippen LogP contribution >= 0.6 is 0 Å². The van der Waals surface area contributed by atoms with Gasteiger partial charge in [-0.05, 0) is 30.5 Å². The van der Waals surface area contributed by atoms with Crippen molar-refractivity contribution in [1.29, 1.82) is 0 Å². The van der Waals surface area contributed by atoms with Crippen LogP contribution in [0.4, 0.5) is 10.1 Å². The smallest absolute Gasteiger partial charge is 0.125 e. The van der Waals surface area contributed by atoms with Gasteiger partial charge in [-0.1, -0.05) is 18.9 Å². The topological polar surface area (TPSA) is 38.5 Å². The molecular formula is C16H23FN2O. The summed E-state index contributed by atoms with van der Waals surface area (Å²) in [5.74, 6) is -0.166. The quantitative estimate of drug-likeness (QED) is 0.923. The minimum absolute atomic E-state index is 0.0430. The lowest BCUT2D eigenvalue weighted by molar-refractivity contribution is 0.122. The van der Waals surface area contributed by atoms with Gasteiger partial charge >= 0.3 is 0 Å². The molecule has 3 rings (SSSR count). The summed E-state index contributed by atoms with van der Waals surface area (Å²) in [6.07, 6.45) is 4.67. The van der Waals surface area contributed by atoms with Gasteiger partial charge in [0.15, 0.2) is 0 Å². The molecule has 1 heterocycles. The summed E-state index contributed by atoms with van der Waals surface area (Å²) in [5.41, 5.74) is 8.41. The van der Waals surface area contributed by atoms with Crippen molar-refractivity contribution < 1.29 is 9.13 Å². The lowest BCUT2D eigenvalue weighted by Gasteiger charge is -2.36. The largest absolute Gasteiger partial charge is 0.378 e. The van der Waals surface area contributed by atoms with Crippen LogP contribution in [-0.4, -0.2) is 32.8 Å². The maximum absolute atomic E-state index is 13.7. The van der Waals surface area contributed by atoms with Crippen molar-refractivity contribution in [2.45, 2.75) is 31.1 Å². The fourth-order valence-electron chi connectivity index (χ4n) is 3.65. The van der Waals surface area contributed by atoms with Crippen molar-refractivity contribution in [3.63, 3.8) is 0 Å². The average molecular weight is 278 g/mol. The predicted octanol–water partition coefficient (Wildman–Crippen LogP) is 2.43. The van der Waals surface area contributed by atoms with Crippen LogP contribution in [0.5, 0.6) is 0 Å². The van der Waals surface area contributed by atoms with Crippen molar-refractivity contribution in [3.8, 4) is 0 Å². The number of ether oxygens (including phenoxy) is 1. The molecule has 0 amide bonds. The Morgan fingerprint density at radius 3 is 2.55 bits per heavy atom. The van der Waals surface area contributed by atoms with Crippen molar-refractivity contribution in [2.75, 3.05) is 37.7 Å². The summed E-state index contributed by atoms with van der Waals surface area (Å²) in [5, 5.41) is 0. The zero-order valence-electron chi connectivity index (χ0n) is 11.9. The molecule has 110 valence electrons. The highest BCUT2D eigenvalue weighted by Gasteiger charge is 2.37. The number of morpholine rings is 1. The van der Waals surface area contributed by atoms with E-state index in [0.29, 0.717) is 19.8 Å². The fourth-order valence-corrected chi connectivity index (χ4v) is 3.65. The van der Waals surface area contributed by atoms with E-state index in [2.05, 4.69) is 4.90 Å². The highest BCUT2D eigenvalue weighted by molar-refractivity contribution is 5.58. The highest BCUT2D eigenvalue weighted by atomic mass is 19.1. The molecule has 0 unspecified atom stereocenters. The number of hydrogen-bond donors (Lipinski definition) is 1. The molecule has 0 bridgehead atoms. The molecule has 20 heavy (non-hydrogen) atoms. The standard InChI is InChI=1S/C16H23FN2O/c17-13-3-4-14(16(12-18)5-1-2-6-16)15(11-13)19-7-9-20-10-8-19/h3-4,11H,1-2,5-10,12,18H2. The van der Waals surface area contributed by atoms with Crippen LogP contribution in [0, 0.1) is 5.82 Å². The van der Waals surface area contributed by atoms with Gasteiger partial charge in [0.25, 0.3) is 0 Å². The molecule has 4 heteroatoms. The third-order valence-corrected chi connectivity index (χ3v) is 4.83. The lowest BCUT2D eigenvalue weighted by atomic mass is 9.77. The molecule has 1 saturated heterocycles. The van der Waals surface area contributed by atoms with E-state index >= 15 is 0 Å². The molecule has 0 atom stereocenters. The van der Waals surface area contributed by atoms with Crippen molar-refractivity contribution >= 4 is 5.69 Å². The number of nitrogens with two attached hydrogens (primary N) is 1. The van der Waals surface area contributed by atoms with E-state index < -0.39 is 0 Å². The SMILES string of the molecule is NCC1(c2ccc(F)cc2N2CCOCC2)CCCC1. The van der Waals surface area contributed by atoms with Gasteiger partial charge in [-0.3, -0.25) is 0 Å². The number of nitrogens with zero attached hydrogens (tertiary/aromatic N) is 1. The Hall–Kier alpha value is -1.13. The van der Waals surface area contributed by atoms with Crippen LogP contribution in [0.2, 0.25) is 0 Å². The molecule has 0 aromatic heterocycles. The monoisotopic (exact) mass is 278 g/mol. The number of hydrogen-bond acceptors (Lipinski definition) is 3. The van der Waals surface area contributed by atoms with Crippen molar-refractivity contribution in [3.05, 3.63) is 29.6 Å². The second kappa shape index (κ2) is 5.70. The van der Waals surface area contributed by atoms with E-state index in [1.54, 1.807) is 12.1 Å². The molecule has 2 N–H and O–H groups in total. The van der Waals surface area contributed by atoms with Gasteiger partial charge in [0.05, 0.1) is 13.2 Å². The molecule has 0 spiro atoms. The third-order valence-electron chi connectivity index (χ3n) is 4.83. The summed E-state index contributed by atoms with van der Waals surface area (Å²) in [4.78, 5) is 2.25. The van der Waals surface area contributed by atoms with Gasteiger partial charge in [-0.2, -0.15) is 0 Å². The van der Waals surface area contributed by atoms with Gasteiger partial charge < -0.3 is 15.4 Å². The summed E-state index contributed by atoms with van der Waals surface area (Å²) in [7, 11) is 0. The van der Waals surface area contributed by atoms with Crippen molar-refractivity contribution in [2.24, 2.45) is 5.73 Å². The second-order valence-electron chi connectivity index (χ2n) is 5.95. The van der Waals surface area contributed by atoms with Gasteiger partial charge in [-0.15, -0.1) is 0 Å². The van der Waals surface area contributed by atoms with Crippen LogP contribution in [0.3, 0.4) is 0 Å². The number of anilines is 1. The first kappa shape index (κ1) is 13.8. The Kier molecular flexibility index (Phi) is 3.94. The van der Waals surface area contributed by atoms with E-state index in [4.69, 9.17) is 10.5 Å². The fraction of sp³-hybridized carbons (Fsp3) is 0.625. The second-order valence-corrected chi connectivity index (χ2v) is 5.95. The molecule has 1 aliphatic heterocycles. The molecule has 3 nitrogen and oxygen atoms in total.